The number of hydrogen-bond donors (Lipinski definition) is 1. The normalized spacial score (nSPS) is 10.2. The number of nitrogens with zero attached hydrogens (tertiary/aromatic N) is 1. The van der Waals surface area contributed by atoms with Crippen LogP contribution in [0.3, 0.4) is 0 Å². The molecule has 110 valence electrons. The zero-order valence-corrected chi connectivity index (χ0v) is 12.0. The summed E-state index contributed by atoms with van der Waals surface area (Å²) in [6.07, 6.45) is 2.29. The van der Waals surface area contributed by atoms with E-state index >= 15 is 0 Å². The van der Waals surface area contributed by atoms with Crippen molar-refractivity contribution >= 4 is 5.97 Å². The molecule has 1 heterocycles. The van der Waals surface area contributed by atoms with Crippen LogP contribution in [-0.4, -0.2) is 30.3 Å². The topological polar surface area (TPSA) is 68.7 Å². The summed E-state index contributed by atoms with van der Waals surface area (Å²) in [5.41, 5.74) is 2.73. The summed E-state index contributed by atoms with van der Waals surface area (Å²) in [7, 11) is 3.17. The largest absolute Gasteiger partial charge is 0.496 e. The molecule has 0 aliphatic carbocycles. The second-order valence-electron chi connectivity index (χ2n) is 4.52. The predicted molar refractivity (Wildman–Crippen MR) is 78.7 cm³/mol. The van der Waals surface area contributed by atoms with E-state index in [1.54, 1.807) is 26.5 Å². The van der Waals surface area contributed by atoms with E-state index in [4.69, 9.17) is 14.6 Å². The van der Waals surface area contributed by atoms with E-state index in [1.807, 2.05) is 24.3 Å². The average Bonchev–Trinajstić information content (AvgIpc) is 2.52. The minimum atomic E-state index is -0.807. The SMILES string of the molecule is COc1ccc(-c2cc(CCC(=O)O)ccc2OC)cn1. The molecule has 0 radical (unpaired) electrons. The van der Waals surface area contributed by atoms with Crippen molar-refractivity contribution in [2.75, 3.05) is 14.2 Å². The number of methoxy groups -OCH3 is 2. The molecule has 2 rings (SSSR count). The fourth-order valence-electron chi connectivity index (χ4n) is 2.05. The molecule has 0 spiro atoms. The van der Waals surface area contributed by atoms with E-state index in [0.717, 1.165) is 22.4 Å². The first kappa shape index (κ1) is 14.8. The molecule has 0 unspecified atom stereocenters. The second-order valence-corrected chi connectivity index (χ2v) is 4.52. The molecule has 0 atom stereocenters. The fourth-order valence-corrected chi connectivity index (χ4v) is 2.05. The summed E-state index contributed by atoms with van der Waals surface area (Å²) in [5, 5.41) is 8.77. The second kappa shape index (κ2) is 6.74. The molecule has 0 amide bonds. The van der Waals surface area contributed by atoms with E-state index in [-0.39, 0.29) is 6.42 Å². The number of carboxylic acids is 1. The molecule has 5 nitrogen and oxygen atoms in total. The molecule has 21 heavy (non-hydrogen) atoms. The van der Waals surface area contributed by atoms with Gasteiger partial charge in [0.05, 0.1) is 14.2 Å². The van der Waals surface area contributed by atoms with Crippen molar-refractivity contribution in [3.8, 4) is 22.8 Å². The summed E-state index contributed by atoms with van der Waals surface area (Å²) in [5.74, 6) is 0.458. The van der Waals surface area contributed by atoms with Crippen molar-refractivity contribution in [1.82, 2.24) is 4.98 Å². The van der Waals surface area contributed by atoms with Gasteiger partial charge in [-0.15, -0.1) is 0 Å². The third-order valence-electron chi connectivity index (χ3n) is 3.15. The van der Waals surface area contributed by atoms with Crippen molar-refractivity contribution < 1.29 is 19.4 Å². The zero-order chi connectivity index (χ0) is 15.2. The number of rotatable bonds is 6. The summed E-state index contributed by atoms with van der Waals surface area (Å²) >= 11 is 0. The first-order valence-electron chi connectivity index (χ1n) is 6.53. The van der Waals surface area contributed by atoms with Crippen molar-refractivity contribution in [3.05, 3.63) is 42.1 Å². The van der Waals surface area contributed by atoms with Crippen LogP contribution in [-0.2, 0) is 11.2 Å². The van der Waals surface area contributed by atoms with Gasteiger partial charge >= 0.3 is 5.97 Å². The quantitative estimate of drug-likeness (QED) is 0.884. The molecule has 0 bridgehead atoms. The first-order chi connectivity index (χ1) is 10.1. The fraction of sp³-hybridized carbons (Fsp3) is 0.250. The van der Waals surface area contributed by atoms with Gasteiger partial charge in [0.15, 0.2) is 0 Å². The van der Waals surface area contributed by atoms with Gasteiger partial charge in [-0.05, 0) is 30.2 Å². The molecule has 1 aromatic heterocycles. The molecular weight excluding hydrogens is 270 g/mol. The van der Waals surface area contributed by atoms with E-state index < -0.39 is 5.97 Å². The van der Waals surface area contributed by atoms with Crippen LogP contribution in [0.5, 0.6) is 11.6 Å². The number of carbonyl (C=O) groups is 1. The van der Waals surface area contributed by atoms with E-state index in [9.17, 15) is 4.79 Å². The third kappa shape index (κ3) is 3.72. The van der Waals surface area contributed by atoms with Crippen LogP contribution in [0, 0.1) is 0 Å². The Morgan fingerprint density at radius 3 is 2.57 bits per heavy atom. The van der Waals surface area contributed by atoms with Gasteiger partial charge < -0.3 is 14.6 Å². The highest BCUT2D eigenvalue weighted by Crippen LogP contribution is 2.31. The Balaban J connectivity index is 2.34. The number of aliphatic carboxylic acids is 1. The number of benzene rings is 1. The van der Waals surface area contributed by atoms with Gasteiger partial charge in [-0.25, -0.2) is 4.98 Å². The summed E-state index contributed by atoms with van der Waals surface area (Å²) in [6.45, 7) is 0. The molecule has 1 aromatic carbocycles. The van der Waals surface area contributed by atoms with Crippen LogP contribution >= 0.6 is 0 Å². The van der Waals surface area contributed by atoms with Crippen LogP contribution < -0.4 is 9.47 Å². The Morgan fingerprint density at radius 1 is 1.19 bits per heavy atom. The van der Waals surface area contributed by atoms with Gasteiger partial charge in [0, 0.05) is 29.8 Å². The molecule has 5 heteroatoms. The molecule has 0 aliphatic heterocycles. The van der Waals surface area contributed by atoms with Gasteiger partial charge in [-0.2, -0.15) is 0 Å². The molecule has 1 N–H and O–H groups in total. The molecule has 0 saturated carbocycles. The van der Waals surface area contributed by atoms with Gasteiger partial charge in [-0.3, -0.25) is 4.79 Å². The number of aryl methyl sites for hydroxylation is 1. The Morgan fingerprint density at radius 2 is 2.00 bits per heavy atom. The van der Waals surface area contributed by atoms with Gasteiger partial charge in [0.25, 0.3) is 0 Å². The highest BCUT2D eigenvalue weighted by Gasteiger charge is 2.09. The standard InChI is InChI=1S/C16H17NO4/c1-20-14-6-3-11(4-8-16(18)19)9-13(14)12-5-7-15(21-2)17-10-12/h3,5-7,9-10H,4,8H2,1-2H3,(H,18,19). The van der Waals surface area contributed by atoms with Crippen molar-refractivity contribution in [2.24, 2.45) is 0 Å². The zero-order valence-electron chi connectivity index (χ0n) is 12.0. The molecule has 0 fully saturated rings. The Kier molecular flexibility index (Phi) is 4.77. The van der Waals surface area contributed by atoms with Gasteiger partial charge in [0.2, 0.25) is 5.88 Å². The summed E-state index contributed by atoms with van der Waals surface area (Å²) in [6, 6.07) is 9.33. The number of hydrogen-bond acceptors (Lipinski definition) is 4. The lowest BCUT2D eigenvalue weighted by Crippen LogP contribution is -1.98. The predicted octanol–water partition coefficient (Wildman–Crippen LogP) is 2.78. The Labute approximate surface area is 123 Å². The van der Waals surface area contributed by atoms with Crippen molar-refractivity contribution in [2.45, 2.75) is 12.8 Å². The third-order valence-corrected chi connectivity index (χ3v) is 3.15. The van der Waals surface area contributed by atoms with Crippen molar-refractivity contribution in [1.29, 1.82) is 0 Å². The van der Waals surface area contributed by atoms with Gasteiger partial charge in [-0.1, -0.05) is 6.07 Å². The van der Waals surface area contributed by atoms with Crippen LogP contribution in [0.1, 0.15) is 12.0 Å². The maximum atomic E-state index is 10.7. The molecule has 2 aromatic rings. The monoisotopic (exact) mass is 287 g/mol. The van der Waals surface area contributed by atoms with Crippen LogP contribution in [0.4, 0.5) is 0 Å². The first-order valence-corrected chi connectivity index (χ1v) is 6.53. The smallest absolute Gasteiger partial charge is 0.303 e. The average molecular weight is 287 g/mol. The lowest BCUT2D eigenvalue weighted by atomic mass is 10.0. The number of carboxylic acid groups (broad SMARTS) is 1. The van der Waals surface area contributed by atoms with Crippen LogP contribution in [0.15, 0.2) is 36.5 Å². The lowest BCUT2D eigenvalue weighted by Gasteiger charge is -2.11. The van der Waals surface area contributed by atoms with Crippen molar-refractivity contribution in [3.63, 3.8) is 0 Å². The van der Waals surface area contributed by atoms with Crippen LogP contribution in [0.25, 0.3) is 11.1 Å². The maximum absolute atomic E-state index is 10.7. The van der Waals surface area contributed by atoms with E-state index in [0.29, 0.717) is 12.3 Å². The maximum Gasteiger partial charge on any atom is 0.303 e. The van der Waals surface area contributed by atoms with E-state index in [1.165, 1.54) is 0 Å². The molecule has 0 aliphatic rings. The lowest BCUT2D eigenvalue weighted by molar-refractivity contribution is -0.136. The Bertz CT molecular complexity index is 623. The minimum Gasteiger partial charge on any atom is -0.496 e. The van der Waals surface area contributed by atoms with E-state index in [2.05, 4.69) is 4.98 Å². The highest BCUT2D eigenvalue weighted by atomic mass is 16.5. The number of aromatic nitrogens is 1. The van der Waals surface area contributed by atoms with Gasteiger partial charge in [0.1, 0.15) is 5.75 Å². The molecule has 0 saturated heterocycles. The number of ether oxygens (including phenoxy) is 2. The highest BCUT2D eigenvalue weighted by molar-refractivity contribution is 5.71. The summed E-state index contributed by atoms with van der Waals surface area (Å²) < 4.78 is 10.4. The molecular formula is C16H17NO4. The van der Waals surface area contributed by atoms with Crippen LogP contribution in [0.2, 0.25) is 0 Å². The number of pyridine rings is 1. The summed E-state index contributed by atoms with van der Waals surface area (Å²) in [4.78, 5) is 14.9. The minimum absolute atomic E-state index is 0.104. The Hall–Kier alpha value is -2.56.